The molecule has 1 N–H and O–H groups in total. The first-order valence-electron chi connectivity index (χ1n) is 8.82. The number of hydrogen-bond donors (Lipinski definition) is 1. The fourth-order valence-corrected chi connectivity index (χ4v) is 3.14. The molecule has 1 heterocycles. The number of Topliss-reactive ketones (excluding diaryl/α,β-unsaturated/α-hetero) is 1. The number of benzene rings is 2. The Morgan fingerprint density at radius 1 is 1.11 bits per heavy atom. The molecular weight excluding hydrogens is 344 g/mol. The number of hydrogen-bond acceptors (Lipinski definition) is 5. The number of rotatable bonds is 6. The van der Waals surface area contributed by atoms with Gasteiger partial charge in [0.2, 0.25) is 12.7 Å². The summed E-state index contributed by atoms with van der Waals surface area (Å²) in [5.41, 5.74) is 4.46. The molecule has 0 aliphatic carbocycles. The van der Waals surface area contributed by atoms with E-state index in [-0.39, 0.29) is 25.0 Å². The van der Waals surface area contributed by atoms with Gasteiger partial charge in [0.25, 0.3) is 0 Å². The normalized spacial score (nSPS) is 12.3. The third-order valence-corrected chi connectivity index (χ3v) is 4.52. The van der Waals surface area contributed by atoms with Crippen molar-refractivity contribution >= 4 is 17.4 Å². The van der Waals surface area contributed by atoms with Gasteiger partial charge in [-0.05, 0) is 45.0 Å². The minimum absolute atomic E-state index is 0.114. The number of carbonyl (C=O) groups is 2. The first-order valence-corrected chi connectivity index (χ1v) is 8.82. The Morgan fingerprint density at radius 3 is 2.48 bits per heavy atom. The molecule has 0 radical (unpaired) electrons. The number of likely N-dealkylation sites (N-methyl/N-ethyl adjacent to an activating group) is 1. The molecule has 27 heavy (non-hydrogen) atoms. The Morgan fingerprint density at radius 2 is 1.81 bits per heavy atom. The molecule has 0 aromatic heterocycles. The van der Waals surface area contributed by atoms with E-state index in [0.717, 1.165) is 0 Å². The second-order valence-electron chi connectivity index (χ2n) is 6.96. The van der Waals surface area contributed by atoms with E-state index in [1.807, 2.05) is 11.9 Å². The second kappa shape index (κ2) is 7.80. The van der Waals surface area contributed by atoms with Crippen molar-refractivity contribution in [1.82, 2.24) is 4.90 Å². The summed E-state index contributed by atoms with van der Waals surface area (Å²) in [5.74, 6) is 0.708. The Balaban J connectivity index is 1.67. The molecule has 2 aromatic rings. The lowest BCUT2D eigenvalue weighted by Gasteiger charge is -2.18. The van der Waals surface area contributed by atoms with Crippen molar-refractivity contribution in [2.45, 2.75) is 27.3 Å². The van der Waals surface area contributed by atoms with Crippen LogP contribution in [0.15, 0.2) is 30.3 Å². The minimum Gasteiger partial charge on any atom is -0.454 e. The molecule has 1 aliphatic heterocycles. The van der Waals surface area contributed by atoms with Crippen molar-refractivity contribution < 1.29 is 19.1 Å². The average Bonchev–Trinajstić information content (AvgIpc) is 3.03. The van der Waals surface area contributed by atoms with Crippen molar-refractivity contribution in [3.8, 4) is 11.5 Å². The molecule has 1 amide bonds. The van der Waals surface area contributed by atoms with Crippen molar-refractivity contribution in [3.63, 3.8) is 0 Å². The van der Waals surface area contributed by atoms with Crippen LogP contribution in [-0.2, 0) is 11.3 Å². The lowest BCUT2D eigenvalue weighted by atomic mass is 10.1. The van der Waals surface area contributed by atoms with Crippen LogP contribution in [0.5, 0.6) is 11.5 Å². The Bertz CT molecular complexity index is 892. The van der Waals surface area contributed by atoms with Crippen molar-refractivity contribution in [1.29, 1.82) is 0 Å². The molecule has 0 fully saturated rings. The van der Waals surface area contributed by atoms with E-state index >= 15 is 0 Å². The number of anilines is 1. The van der Waals surface area contributed by atoms with E-state index < -0.39 is 0 Å². The van der Waals surface area contributed by atoms with Gasteiger partial charge in [-0.25, -0.2) is 0 Å². The van der Waals surface area contributed by atoms with E-state index in [0.29, 0.717) is 29.3 Å². The van der Waals surface area contributed by atoms with Crippen molar-refractivity contribution in [2.24, 2.45) is 0 Å². The van der Waals surface area contributed by atoms with E-state index in [1.54, 1.807) is 12.1 Å². The molecule has 6 heteroatoms. The summed E-state index contributed by atoms with van der Waals surface area (Å²) in [7, 11) is 1.89. The second-order valence-corrected chi connectivity index (χ2v) is 6.96. The predicted molar refractivity (Wildman–Crippen MR) is 103 cm³/mol. The number of aryl methyl sites for hydroxylation is 2. The zero-order chi connectivity index (χ0) is 19.6. The number of fused-ring (bicyclic) bond motifs is 1. The molecule has 0 atom stereocenters. The number of nitrogens with one attached hydrogen (secondary N) is 1. The molecule has 1 aliphatic rings. The highest BCUT2D eigenvalue weighted by Crippen LogP contribution is 2.37. The summed E-state index contributed by atoms with van der Waals surface area (Å²) in [6.07, 6.45) is 0. The van der Waals surface area contributed by atoms with Crippen molar-refractivity contribution in [3.05, 3.63) is 52.6 Å². The number of amides is 1. The lowest BCUT2D eigenvalue weighted by molar-refractivity contribution is -0.117. The first kappa shape index (κ1) is 18.9. The SMILES string of the molecule is CC(=O)c1cc2c(cc1NC(=O)CN(C)Cc1ccc(C)cc1C)OCO2. The summed E-state index contributed by atoms with van der Waals surface area (Å²) >= 11 is 0. The van der Waals surface area contributed by atoms with Gasteiger partial charge in [0.15, 0.2) is 17.3 Å². The lowest BCUT2D eigenvalue weighted by Crippen LogP contribution is -2.30. The quantitative estimate of drug-likeness (QED) is 0.793. The Kier molecular flexibility index (Phi) is 5.46. The molecule has 0 spiro atoms. The van der Waals surface area contributed by atoms with E-state index in [9.17, 15) is 9.59 Å². The molecule has 6 nitrogen and oxygen atoms in total. The molecule has 0 saturated carbocycles. The molecule has 0 bridgehead atoms. The van der Waals surface area contributed by atoms with Crippen LogP contribution in [-0.4, -0.2) is 37.0 Å². The highest BCUT2D eigenvalue weighted by molar-refractivity contribution is 6.05. The van der Waals surface area contributed by atoms with Gasteiger partial charge in [0.05, 0.1) is 12.2 Å². The topological polar surface area (TPSA) is 67.9 Å². The molecule has 0 unspecified atom stereocenters. The average molecular weight is 368 g/mol. The van der Waals surface area contributed by atoms with Gasteiger partial charge in [0, 0.05) is 18.2 Å². The predicted octanol–water partition coefficient (Wildman–Crippen LogP) is 3.31. The van der Waals surface area contributed by atoms with Gasteiger partial charge in [-0.3, -0.25) is 14.5 Å². The fraction of sp³-hybridized carbons (Fsp3) is 0.333. The summed E-state index contributed by atoms with van der Waals surface area (Å²) in [5, 5.41) is 2.83. The number of ketones is 1. The van der Waals surface area contributed by atoms with Crippen LogP contribution in [0, 0.1) is 13.8 Å². The summed E-state index contributed by atoms with van der Waals surface area (Å²) in [4.78, 5) is 26.3. The summed E-state index contributed by atoms with van der Waals surface area (Å²) in [6, 6.07) is 9.54. The molecule has 0 saturated heterocycles. The van der Waals surface area contributed by atoms with Crippen LogP contribution < -0.4 is 14.8 Å². The highest BCUT2D eigenvalue weighted by Gasteiger charge is 2.20. The van der Waals surface area contributed by atoms with E-state index in [2.05, 4.69) is 37.4 Å². The van der Waals surface area contributed by atoms with E-state index in [4.69, 9.17) is 9.47 Å². The van der Waals surface area contributed by atoms with E-state index in [1.165, 1.54) is 23.6 Å². The first-order chi connectivity index (χ1) is 12.8. The summed E-state index contributed by atoms with van der Waals surface area (Å²) in [6.45, 7) is 6.58. The van der Waals surface area contributed by atoms with Gasteiger partial charge < -0.3 is 14.8 Å². The van der Waals surface area contributed by atoms with Crippen molar-refractivity contribution in [2.75, 3.05) is 25.7 Å². The number of carbonyl (C=O) groups excluding carboxylic acids is 2. The number of ether oxygens (including phenoxy) is 2. The fourth-order valence-electron chi connectivity index (χ4n) is 3.14. The standard InChI is InChI=1S/C21H24N2O4/c1-13-5-6-16(14(2)7-13)10-23(4)11-21(25)22-18-9-20-19(26-12-27-20)8-17(18)15(3)24/h5-9H,10-12H2,1-4H3,(H,22,25). The highest BCUT2D eigenvalue weighted by atomic mass is 16.7. The Hall–Kier alpha value is -2.86. The van der Waals surface area contributed by atoms with Gasteiger partial charge in [-0.15, -0.1) is 0 Å². The maximum Gasteiger partial charge on any atom is 0.238 e. The molecular formula is C21H24N2O4. The summed E-state index contributed by atoms with van der Waals surface area (Å²) < 4.78 is 10.6. The third-order valence-electron chi connectivity index (χ3n) is 4.52. The zero-order valence-corrected chi connectivity index (χ0v) is 16.1. The van der Waals surface area contributed by atoms with Crippen LogP contribution in [0.2, 0.25) is 0 Å². The molecule has 142 valence electrons. The smallest absolute Gasteiger partial charge is 0.238 e. The Labute approximate surface area is 159 Å². The molecule has 2 aromatic carbocycles. The van der Waals surface area contributed by atoms with Crippen LogP contribution >= 0.6 is 0 Å². The molecule has 3 rings (SSSR count). The third kappa shape index (κ3) is 4.46. The maximum absolute atomic E-state index is 12.5. The largest absolute Gasteiger partial charge is 0.454 e. The van der Waals surface area contributed by atoms with Gasteiger partial charge >= 0.3 is 0 Å². The van der Waals surface area contributed by atoms with Crippen LogP contribution in [0.1, 0.15) is 34.0 Å². The van der Waals surface area contributed by atoms with Crippen LogP contribution in [0.3, 0.4) is 0 Å². The van der Waals surface area contributed by atoms with Gasteiger partial charge in [-0.2, -0.15) is 0 Å². The van der Waals surface area contributed by atoms with Crippen LogP contribution in [0.4, 0.5) is 5.69 Å². The number of nitrogens with zero attached hydrogens (tertiary/aromatic N) is 1. The monoisotopic (exact) mass is 368 g/mol. The maximum atomic E-state index is 12.5. The zero-order valence-electron chi connectivity index (χ0n) is 16.1. The van der Waals surface area contributed by atoms with Gasteiger partial charge in [0.1, 0.15) is 0 Å². The minimum atomic E-state index is -0.191. The van der Waals surface area contributed by atoms with Gasteiger partial charge in [-0.1, -0.05) is 23.8 Å². The van der Waals surface area contributed by atoms with Crippen LogP contribution in [0.25, 0.3) is 0 Å².